The molecule has 5 nitrogen and oxygen atoms in total. The van der Waals surface area contributed by atoms with Crippen molar-refractivity contribution in [3.63, 3.8) is 0 Å². The maximum absolute atomic E-state index is 13.2. The van der Waals surface area contributed by atoms with Crippen molar-refractivity contribution in [1.82, 2.24) is 9.88 Å². The highest BCUT2D eigenvalue weighted by Crippen LogP contribution is 2.33. The van der Waals surface area contributed by atoms with E-state index in [0.717, 1.165) is 11.6 Å². The molecular formula is C20H20F3N3O2. The molecule has 2 heterocycles. The summed E-state index contributed by atoms with van der Waals surface area (Å²) in [5, 5.41) is 2.75. The Morgan fingerprint density at radius 3 is 2.64 bits per heavy atom. The number of carbonyl (C=O) groups excluding carboxylic acids is 2. The molecule has 1 N–H and O–H groups in total. The molecule has 1 aliphatic heterocycles. The number of alkyl halides is 3. The SMILES string of the molecule is Cc1cccnc1NC(=O)C1CCCN(C(=O)c2ccccc2C(F)(F)F)C1. The van der Waals surface area contributed by atoms with Crippen LogP contribution < -0.4 is 5.32 Å². The highest BCUT2D eigenvalue weighted by Gasteiger charge is 2.37. The molecule has 1 aliphatic rings. The lowest BCUT2D eigenvalue weighted by Crippen LogP contribution is -2.44. The number of benzene rings is 1. The van der Waals surface area contributed by atoms with Gasteiger partial charge in [-0.05, 0) is 43.5 Å². The third-order valence-electron chi connectivity index (χ3n) is 4.79. The first-order chi connectivity index (χ1) is 13.3. The largest absolute Gasteiger partial charge is 0.417 e. The van der Waals surface area contributed by atoms with Gasteiger partial charge in [-0.3, -0.25) is 9.59 Å². The summed E-state index contributed by atoms with van der Waals surface area (Å²) in [5.41, 5.74) is -0.550. The molecule has 0 spiro atoms. The Labute approximate surface area is 160 Å². The molecule has 0 bridgehead atoms. The number of carbonyl (C=O) groups is 2. The summed E-state index contributed by atoms with van der Waals surface area (Å²) < 4.78 is 39.7. The minimum atomic E-state index is -4.62. The second-order valence-corrected chi connectivity index (χ2v) is 6.79. The number of hydrogen-bond donors (Lipinski definition) is 1. The van der Waals surface area contributed by atoms with Crippen LogP contribution in [0.25, 0.3) is 0 Å². The van der Waals surface area contributed by atoms with Crippen LogP contribution in [0.15, 0.2) is 42.6 Å². The first kappa shape index (κ1) is 19.9. The Bertz CT molecular complexity index is 883. The van der Waals surface area contributed by atoms with Gasteiger partial charge in [-0.1, -0.05) is 18.2 Å². The van der Waals surface area contributed by atoms with Crippen LogP contribution in [0.2, 0.25) is 0 Å². The number of hydrogen-bond acceptors (Lipinski definition) is 3. The van der Waals surface area contributed by atoms with Gasteiger partial charge in [0.2, 0.25) is 5.91 Å². The average Bonchev–Trinajstić information content (AvgIpc) is 2.68. The third-order valence-corrected chi connectivity index (χ3v) is 4.79. The van der Waals surface area contributed by atoms with E-state index in [2.05, 4.69) is 10.3 Å². The van der Waals surface area contributed by atoms with Crippen molar-refractivity contribution in [3.8, 4) is 0 Å². The van der Waals surface area contributed by atoms with E-state index in [4.69, 9.17) is 0 Å². The second-order valence-electron chi connectivity index (χ2n) is 6.79. The molecule has 2 aromatic rings. The first-order valence-electron chi connectivity index (χ1n) is 8.95. The highest BCUT2D eigenvalue weighted by atomic mass is 19.4. The molecule has 1 fully saturated rings. The van der Waals surface area contributed by atoms with Crippen LogP contribution >= 0.6 is 0 Å². The lowest BCUT2D eigenvalue weighted by Gasteiger charge is -2.32. The number of amides is 2. The summed E-state index contributed by atoms with van der Waals surface area (Å²) in [6.07, 6.45) is -1.95. The number of anilines is 1. The number of piperidine rings is 1. The number of rotatable bonds is 3. The van der Waals surface area contributed by atoms with Crippen LogP contribution in [0, 0.1) is 12.8 Å². The van der Waals surface area contributed by atoms with Gasteiger partial charge in [-0.2, -0.15) is 13.2 Å². The van der Waals surface area contributed by atoms with Gasteiger partial charge >= 0.3 is 6.18 Å². The van der Waals surface area contributed by atoms with E-state index in [1.165, 1.54) is 23.1 Å². The van der Waals surface area contributed by atoms with Crippen molar-refractivity contribution < 1.29 is 22.8 Å². The Morgan fingerprint density at radius 2 is 1.93 bits per heavy atom. The molecule has 8 heteroatoms. The summed E-state index contributed by atoms with van der Waals surface area (Å²) >= 11 is 0. The number of nitrogens with zero attached hydrogens (tertiary/aromatic N) is 2. The quantitative estimate of drug-likeness (QED) is 0.863. The molecule has 1 aromatic carbocycles. The van der Waals surface area contributed by atoms with Crippen LogP contribution in [0.1, 0.15) is 34.3 Å². The van der Waals surface area contributed by atoms with Gasteiger partial charge in [0.15, 0.2) is 0 Å². The maximum Gasteiger partial charge on any atom is 0.417 e. The molecule has 0 aliphatic carbocycles. The summed E-state index contributed by atoms with van der Waals surface area (Å²) in [7, 11) is 0. The predicted octanol–water partition coefficient (Wildman–Crippen LogP) is 3.90. The van der Waals surface area contributed by atoms with E-state index in [-0.39, 0.29) is 12.5 Å². The van der Waals surface area contributed by atoms with E-state index in [0.29, 0.717) is 25.2 Å². The number of aryl methyl sites for hydroxylation is 1. The normalized spacial score (nSPS) is 17.3. The fourth-order valence-corrected chi connectivity index (χ4v) is 3.30. The molecule has 1 saturated heterocycles. The van der Waals surface area contributed by atoms with Crippen molar-refractivity contribution in [2.45, 2.75) is 25.9 Å². The maximum atomic E-state index is 13.2. The summed E-state index contributed by atoms with van der Waals surface area (Å²) in [6, 6.07) is 8.29. The minimum Gasteiger partial charge on any atom is -0.338 e. The number of pyridine rings is 1. The summed E-state index contributed by atoms with van der Waals surface area (Å²) in [6.45, 7) is 2.20. The van der Waals surface area contributed by atoms with Gasteiger partial charge in [-0.25, -0.2) is 4.98 Å². The van der Waals surface area contributed by atoms with E-state index in [1.54, 1.807) is 12.3 Å². The topological polar surface area (TPSA) is 62.3 Å². The van der Waals surface area contributed by atoms with Gasteiger partial charge in [0.25, 0.3) is 5.91 Å². The molecule has 0 radical (unpaired) electrons. The molecule has 2 amide bonds. The fourth-order valence-electron chi connectivity index (χ4n) is 3.30. The van der Waals surface area contributed by atoms with Crippen LogP contribution in [-0.2, 0) is 11.0 Å². The molecule has 1 aromatic heterocycles. The number of likely N-dealkylation sites (tertiary alicyclic amines) is 1. The Morgan fingerprint density at radius 1 is 1.18 bits per heavy atom. The predicted molar refractivity (Wildman–Crippen MR) is 97.7 cm³/mol. The van der Waals surface area contributed by atoms with Gasteiger partial charge in [0.05, 0.1) is 17.0 Å². The minimum absolute atomic E-state index is 0.0722. The van der Waals surface area contributed by atoms with Crippen molar-refractivity contribution in [1.29, 1.82) is 0 Å². The van der Waals surface area contributed by atoms with Crippen LogP contribution in [0.5, 0.6) is 0 Å². The fraction of sp³-hybridized carbons (Fsp3) is 0.350. The van der Waals surface area contributed by atoms with Gasteiger partial charge in [-0.15, -0.1) is 0 Å². The molecule has 1 unspecified atom stereocenters. The van der Waals surface area contributed by atoms with Crippen molar-refractivity contribution in [2.75, 3.05) is 18.4 Å². The van der Waals surface area contributed by atoms with E-state index in [9.17, 15) is 22.8 Å². The molecule has 1 atom stereocenters. The van der Waals surface area contributed by atoms with Crippen molar-refractivity contribution in [2.24, 2.45) is 5.92 Å². The monoisotopic (exact) mass is 391 g/mol. The van der Waals surface area contributed by atoms with Crippen LogP contribution in [-0.4, -0.2) is 34.8 Å². The molecule has 3 rings (SSSR count). The first-order valence-corrected chi connectivity index (χ1v) is 8.95. The zero-order chi connectivity index (χ0) is 20.3. The Balaban J connectivity index is 1.74. The molecule has 148 valence electrons. The van der Waals surface area contributed by atoms with E-state index in [1.807, 2.05) is 13.0 Å². The Hall–Kier alpha value is -2.90. The lowest BCUT2D eigenvalue weighted by molar-refractivity contribution is -0.138. The zero-order valence-electron chi connectivity index (χ0n) is 15.3. The molecular weight excluding hydrogens is 371 g/mol. The molecule has 28 heavy (non-hydrogen) atoms. The number of aromatic nitrogens is 1. The van der Waals surface area contributed by atoms with E-state index >= 15 is 0 Å². The third kappa shape index (κ3) is 4.32. The number of halogens is 3. The molecule has 0 saturated carbocycles. The number of nitrogens with one attached hydrogen (secondary N) is 1. The Kier molecular flexibility index (Phi) is 5.67. The van der Waals surface area contributed by atoms with Gasteiger partial charge in [0.1, 0.15) is 5.82 Å². The van der Waals surface area contributed by atoms with Crippen molar-refractivity contribution >= 4 is 17.6 Å². The van der Waals surface area contributed by atoms with Crippen LogP contribution in [0.3, 0.4) is 0 Å². The second kappa shape index (κ2) is 8.00. The smallest absolute Gasteiger partial charge is 0.338 e. The van der Waals surface area contributed by atoms with E-state index < -0.39 is 29.1 Å². The summed E-state index contributed by atoms with van der Waals surface area (Å²) in [4.78, 5) is 30.8. The summed E-state index contributed by atoms with van der Waals surface area (Å²) in [5.74, 6) is -1.06. The highest BCUT2D eigenvalue weighted by molar-refractivity contribution is 5.97. The average molecular weight is 391 g/mol. The lowest BCUT2D eigenvalue weighted by atomic mass is 9.95. The standard InChI is InChI=1S/C20H20F3N3O2/c1-13-6-4-10-24-17(13)25-18(27)14-7-5-11-26(12-14)19(28)15-8-2-3-9-16(15)20(21,22)23/h2-4,6,8-10,14H,5,7,11-12H2,1H3,(H,24,25,27). The van der Waals surface area contributed by atoms with Crippen LogP contribution in [0.4, 0.5) is 19.0 Å². The zero-order valence-corrected chi connectivity index (χ0v) is 15.3. The van der Waals surface area contributed by atoms with Crippen molar-refractivity contribution in [3.05, 3.63) is 59.3 Å². The van der Waals surface area contributed by atoms with Gasteiger partial charge in [0, 0.05) is 19.3 Å². The van der Waals surface area contributed by atoms with Gasteiger partial charge < -0.3 is 10.2 Å².